The summed E-state index contributed by atoms with van der Waals surface area (Å²) < 4.78 is 0. The second-order valence-electron chi connectivity index (χ2n) is 10.7. The lowest BCUT2D eigenvalue weighted by atomic mass is 10.0. The maximum atomic E-state index is 13.6. The Kier molecular flexibility index (Phi) is 8.55. The minimum Gasteiger partial charge on any atom is -0.385 e. The number of hydrogen-bond donors (Lipinski definition) is 3. The normalized spacial score (nSPS) is 17.0. The maximum Gasteiger partial charge on any atom is 0.335 e. The third-order valence-corrected chi connectivity index (χ3v) is 7.81. The molecular weight excluding hydrogens is 544 g/mol. The summed E-state index contributed by atoms with van der Waals surface area (Å²) in [6.45, 7) is 2.13. The third-order valence-electron chi connectivity index (χ3n) is 7.81. The number of rotatable bonds is 10. The number of anilines is 5. The predicted octanol–water partition coefficient (Wildman–Crippen LogP) is 8.57. The van der Waals surface area contributed by atoms with Crippen molar-refractivity contribution in [2.75, 3.05) is 15.5 Å². The van der Waals surface area contributed by atoms with Crippen molar-refractivity contribution in [1.29, 1.82) is 0 Å². The number of amides is 2. The zero-order valence-corrected chi connectivity index (χ0v) is 24.7. The monoisotopic (exact) mass is 580 g/mol. The van der Waals surface area contributed by atoms with Crippen molar-refractivity contribution in [2.45, 2.75) is 31.7 Å². The molecule has 2 unspecified atom stereocenters. The number of carbonyl (C=O) groups excluding carboxylic acids is 1. The van der Waals surface area contributed by atoms with Crippen LogP contribution in [0.1, 0.15) is 31.4 Å². The van der Waals surface area contributed by atoms with Gasteiger partial charge in [-0.2, -0.15) is 0 Å². The van der Waals surface area contributed by atoms with E-state index in [9.17, 15) is 4.79 Å². The highest BCUT2D eigenvalue weighted by molar-refractivity contribution is 5.99. The van der Waals surface area contributed by atoms with Crippen molar-refractivity contribution in [2.24, 2.45) is 5.73 Å². The van der Waals surface area contributed by atoms with Gasteiger partial charge in [0.15, 0.2) is 0 Å². The highest BCUT2D eigenvalue weighted by atomic mass is 16.2. The highest BCUT2D eigenvalue weighted by Crippen LogP contribution is 2.37. The molecule has 0 spiro atoms. The number of aromatic nitrogens is 1. The molecular formula is C37H36N6O. The van der Waals surface area contributed by atoms with E-state index in [2.05, 4.69) is 29.7 Å². The number of fused-ring (bicyclic) bond motifs is 1. The number of carbonyl (C=O) groups is 1. The van der Waals surface area contributed by atoms with E-state index in [1.807, 2.05) is 126 Å². The fourth-order valence-electron chi connectivity index (χ4n) is 5.61. The first-order valence-corrected chi connectivity index (χ1v) is 15.0. The molecule has 0 saturated carbocycles. The SMILES string of the molecule is CCC(/C=C\C=C(/N)N1C(=O)N(c2ccccc2)C2CC=CC=C21)c1cccc(Nc2ccccc2Nc2ccccc2)n1. The van der Waals surface area contributed by atoms with Crippen LogP contribution in [0.4, 0.5) is 33.4 Å². The van der Waals surface area contributed by atoms with E-state index in [4.69, 9.17) is 10.7 Å². The van der Waals surface area contributed by atoms with Crippen LogP contribution in [0.2, 0.25) is 0 Å². The molecule has 0 radical (unpaired) electrons. The largest absolute Gasteiger partial charge is 0.385 e. The van der Waals surface area contributed by atoms with Gasteiger partial charge in [-0.3, -0.25) is 4.90 Å². The summed E-state index contributed by atoms with van der Waals surface area (Å²) in [5, 5.41) is 6.96. The second kappa shape index (κ2) is 13.2. The van der Waals surface area contributed by atoms with E-state index >= 15 is 0 Å². The predicted molar refractivity (Wildman–Crippen MR) is 180 cm³/mol. The molecule has 4 aromatic rings. The van der Waals surface area contributed by atoms with Crippen molar-refractivity contribution in [3.63, 3.8) is 0 Å². The van der Waals surface area contributed by atoms with Crippen LogP contribution >= 0.6 is 0 Å². The van der Waals surface area contributed by atoms with E-state index in [1.165, 1.54) is 0 Å². The minimum atomic E-state index is -0.146. The van der Waals surface area contributed by atoms with Crippen molar-refractivity contribution >= 4 is 34.6 Å². The molecule has 220 valence electrons. The van der Waals surface area contributed by atoms with E-state index in [0.29, 0.717) is 5.82 Å². The molecule has 7 heteroatoms. The third kappa shape index (κ3) is 6.13. The molecule has 7 nitrogen and oxygen atoms in total. The molecule has 6 rings (SSSR count). The lowest BCUT2D eigenvalue weighted by Crippen LogP contribution is -2.35. The average Bonchev–Trinajstić information content (AvgIpc) is 3.36. The van der Waals surface area contributed by atoms with Crippen molar-refractivity contribution in [1.82, 2.24) is 9.88 Å². The van der Waals surface area contributed by atoms with Gasteiger partial charge in [-0.1, -0.05) is 85.8 Å². The van der Waals surface area contributed by atoms with Gasteiger partial charge in [0.2, 0.25) is 0 Å². The molecule has 1 aliphatic carbocycles. The molecule has 44 heavy (non-hydrogen) atoms. The maximum absolute atomic E-state index is 13.6. The summed E-state index contributed by atoms with van der Waals surface area (Å²) in [4.78, 5) is 22.0. The first-order chi connectivity index (χ1) is 21.6. The lowest BCUT2D eigenvalue weighted by molar-refractivity contribution is 0.234. The smallest absolute Gasteiger partial charge is 0.335 e. The Morgan fingerprint density at radius 2 is 1.64 bits per heavy atom. The number of urea groups is 1. The summed E-state index contributed by atoms with van der Waals surface area (Å²) in [5.74, 6) is 1.22. The van der Waals surface area contributed by atoms with E-state index in [-0.39, 0.29) is 18.0 Å². The number of nitrogens with two attached hydrogens (primary N) is 1. The number of pyridine rings is 1. The van der Waals surface area contributed by atoms with Gasteiger partial charge in [-0.25, -0.2) is 14.7 Å². The average molecular weight is 581 g/mol. The van der Waals surface area contributed by atoms with Crippen molar-refractivity contribution in [3.05, 3.63) is 157 Å². The Bertz CT molecular complexity index is 1730. The van der Waals surface area contributed by atoms with Crippen LogP contribution in [0.5, 0.6) is 0 Å². The van der Waals surface area contributed by atoms with Gasteiger partial charge in [-0.15, -0.1) is 0 Å². The molecule has 1 saturated heterocycles. The molecule has 1 aromatic heterocycles. The summed E-state index contributed by atoms with van der Waals surface area (Å²) in [5.41, 5.74) is 12.2. The van der Waals surface area contributed by atoms with Crippen LogP contribution in [-0.2, 0) is 0 Å². The van der Waals surface area contributed by atoms with Gasteiger partial charge in [0, 0.05) is 23.0 Å². The van der Waals surface area contributed by atoms with Crippen LogP contribution in [0, 0.1) is 0 Å². The fraction of sp³-hybridized carbons (Fsp3) is 0.135. The van der Waals surface area contributed by atoms with E-state index in [1.54, 1.807) is 11.0 Å². The second-order valence-corrected chi connectivity index (χ2v) is 10.7. The molecule has 2 heterocycles. The standard InChI is InChI=1S/C37H36N6O/c1-2-27(30-22-14-26-36(40-30)41-32-21-10-9-20-31(32)39-28-16-5-3-6-17-28)15-13-25-35(38)43-34-24-12-11-23-33(34)42(37(43)44)29-18-7-4-8-19-29/h3-22,24-27,33,39H,2,23,38H2,1H3,(H,40,41)/b15-13-,35-25+. The van der Waals surface area contributed by atoms with Crippen molar-refractivity contribution < 1.29 is 4.79 Å². The molecule has 3 aromatic carbocycles. The first-order valence-electron chi connectivity index (χ1n) is 15.0. The molecule has 2 aliphatic rings. The van der Waals surface area contributed by atoms with E-state index < -0.39 is 0 Å². The number of nitrogens with one attached hydrogen (secondary N) is 2. The minimum absolute atomic E-state index is 0.0677. The van der Waals surface area contributed by atoms with Gasteiger partial charge in [-0.05, 0) is 73.5 Å². The Morgan fingerprint density at radius 3 is 2.39 bits per heavy atom. The Balaban J connectivity index is 1.18. The summed E-state index contributed by atoms with van der Waals surface area (Å²) >= 11 is 0. The molecule has 2 amide bonds. The number of para-hydroxylation sites is 4. The van der Waals surface area contributed by atoms with Crippen LogP contribution in [0.3, 0.4) is 0 Å². The zero-order chi connectivity index (χ0) is 30.3. The molecule has 2 atom stereocenters. The van der Waals surface area contributed by atoms with Crippen LogP contribution in [0.25, 0.3) is 0 Å². The fourth-order valence-corrected chi connectivity index (χ4v) is 5.61. The van der Waals surface area contributed by atoms with Gasteiger partial charge in [0.1, 0.15) is 11.6 Å². The summed E-state index contributed by atoms with van der Waals surface area (Å²) in [6, 6.07) is 33.7. The summed E-state index contributed by atoms with van der Waals surface area (Å²) in [7, 11) is 0. The number of nitrogens with zero attached hydrogens (tertiary/aromatic N) is 3. The molecule has 0 bridgehead atoms. The first kappa shape index (κ1) is 28.6. The Labute approximate surface area is 258 Å². The van der Waals surface area contributed by atoms with Crippen LogP contribution < -0.4 is 21.3 Å². The number of allylic oxidation sites excluding steroid dienone is 5. The Morgan fingerprint density at radius 1 is 0.932 bits per heavy atom. The molecule has 4 N–H and O–H groups in total. The van der Waals surface area contributed by atoms with E-state index in [0.717, 1.165) is 52.8 Å². The highest BCUT2D eigenvalue weighted by Gasteiger charge is 2.43. The molecule has 1 fully saturated rings. The van der Waals surface area contributed by atoms with Crippen LogP contribution in [0.15, 0.2) is 151 Å². The summed E-state index contributed by atoms with van der Waals surface area (Å²) in [6.07, 6.45) is 13.5. The van der Waals surface area contributed by atoms with Gasteiger partial charge < -0.3 is 16.4 Å². The number of benzene rings is 3. The van der Waals surface area contributed by atoms with Gasteiger partial charge in [0.05, 0.1) is 23.1 Å². The van der Waals surface area contributed by atoms with Crippen LogP contribution in [-0.4, -0.2) is 22.0 Å². The van der Waals surface area contributed by atoms with Gasteiger partial charge >= 0.3 is 6.03 Å². The number of hydrogen-bond acceptors (Lipinski definition) is 5. The lowest BCUT2D eigenvalue weighted by Gasteiger charge is -2.23. The van der Waals surface area contributed by atoms with Gasteiger partial charge in [0.25, 0.3) is 0 Å². The quantitative estimate of drug-likeness (QED) is 0.164. The Hall–Kier alpha value is -5.56. The topological polar surface area (TPSA) is 86.5 Å². The zero-order valence-electron chi connectivity index (χ0n) is 24.7. The van der Waals surface area contributed by atoms with Crippen molar-refractivity contribution in [3.8, 4) is 0 Å². The molecule has 1 aliphatic heterocycles.